The van der Waals surface area contributed by atoms with Gasteiger partial charge < -0.3 is 9.84 Å². The van der Waals surface area contributed by atoms with Crippen LogP contribution >= 0.6 is 0 Å². The molecule has 0 aliphatic carbocycles. The number of aliphatic hydroxyl groups is 1. The van der Waals surface area contributed by atoms with Crippen LogP contribution in [0, 0.1) is 6.92 Å². The first-order valence-electron chi connectivity index (χ1n) is 6.21. The van der Waals surface area contributed by atoms with E-state index >= 15 is 0 Å². The maximum Gasteiger partial charge on any atom is 0.137 e. The molecule has 94 valence electrons. The van der Waals surface area contributed by atoms with Gasteiger partial charge in [0.25, 0.3) is 0 Å². The second-order valence-corrected chi connectivity index (χ2v) is 4.94. The third-order valence-corrected chi connectivity index (χ3v) is 3.36. The third-order valence-electron chi connectivity index (χ3n) is 3.36. The van der Waals surface area contributed by atoms with Gasteiger partial charge in [0.2, 0.25) is 0 Å². The zero-order valence-electron chi connectivity index (χ0n) is 10.8. The van der Waals surface area contributed by atoms with Gasteiger partial charge in [-0.3, -0.25) is 4.90 Å². The van der Waals surface area contributed by atoms with Gasteiger partial charge in [0.05, 0.1) is 12.7 Å². The molecule has 0 amide bonds. The minimum absolute atomic E-state index is 0.0200. The van der Waals surface area contributed by atoms with Crippen molar-refractivity contribution in [3.05, 3.63) is 35.4 Å². The molecule has 1 saturated heterocycles. The molecular formula is C14H21NO2. The van der Waals surface area contributed by atoms with Crippen molar-refractivity contribution in [1.82, 2.24) is 4.90 Å². The lowest BCUT2D eigenvalue weighted by Crippen LogP contribution is -2.32. The number of ether oxygens (including phenoxy) is 1. The zero-order chi connectivity index (χ0) is 12.4. The van der Waals surface area contributed by atoms with Crippen LogP contribution in [0.2, 0.25) is 0 Å². The molecule has 0 aromatic heterocycles. The Morgan fingerprint density at radius 1 is 1.41 bits per heavy atom. The van der Waals surface area contributed by atoms with Crippen molar-refractivity contribution in [2.45, 2.75) is 39.1 Å². The van der Waals surface area contributed by atoms with Gasteiger partial charge in [0.15, 0.2) is 0 Å². The Labute approximate surface area is 103 Å². The minimum atomic E-state index is -0.0676. The highest BCUT2D eigenvalue weighted by molar-refractivity contribution is 5.28. The molecular weight excluding hydrogens is 214 g/mol. The fraction of sp³-hybridized carbons (Fsp3) is 0.571. The van der Waals surface area contributed by atoms with Gasteiger partial charge in [-0.15, -0.1) is 0 Å². The van der Waals surface area contributed by atoms with Crippen molar-refractivity contribution in [2.75, 3.05) is 13.2 Å². The molecule has 2 unspecified atom stereocenters. The van der Waals surface area contributed by atoms with Crippen LogP contribution in [-0.2, 0) is 4.74 Å². The van der Waals surface area contributed by atoms with Crippen molar-refractivity contribution < 1.29 is 9.84 Å². The molecule has 1 aliphatic heterocycles. The molecule has 0 bridgehead atoms. The normalized spacial score (nSPS) is 25.7. The summed E-state index contributed by atoms with van der Waals surface area (Å²) >= 11 is 0. The van der Waals surface area contributed by atoms with Crippen molar-refractivity contribution in [1.29, 1.82) is 0 Å². The topological polar surface area (TPSA) is 32.7 Å². The van der Waals surface area contributed by atoms with E-state index in [0.29, 0.717) is 6.04 Å². The molecule has 3 heteroatoms. The SMILES string of the molecule is Cc1ccccc1C1OC(CO)CN1C(C)C. The van der Waals surface area contributed by atoms with Crippen LogP contribution in [0.3, 0.4) is 0 Å². The first kappa shape index (κ1) is 12.6. The van der Waals surface area contributed by atoms with Crippen molar-refractivity contribution >= 4 is 0 Å². The number of hydrogen-bond donors (Lipinski definition) is 1. The van der Waals surface area contributed by atoms with Crippen LogP contribution in [0.5, 0.6) is 0 Å². The highest BCUT2D eigenvalue weighted by Gasteiger charge is 2.35. The summed E-state index contributed by atoms with van der Waals surface area (Å²) < 4.78 is 5.93. The Hall–Kier alpha value is -0.900. The summed E-state index contributed by atoms with van der Waals surface area (Å²) in [5, 5.41) is 9.25. The predicted molar refractivity (Wildman–Crippen MR) is 67.7 cm³/mol. The molecule has 1 aromatic rings. The number of aryl methyl sites for hydroxylation is 1. The van der Waals surface area contributed by atoms with Crippen LogP contribution in [0.4, 0.5) is 0 Å². The van der Waals surface area contributed by atoms with Crippen LogP contribution in [0.15, 0.2) is 24.3 Å². The standard InChI is InChI=1S/C14H21NO2/c1-10(2)15-8-12(9-16)17-14(15)13-7-5-4-6-11(13)3/h4-7,10,12,14,16H,8-9H2,1-3H3. The molecule has 0 spiro atoms. The highest BCUT2D eigenvalue weighted by Crippen LogP contribution is 2.33. The molecule has 1 heterocycles. The molecule has 1 fully saturated rings. The van der Waals surface area contributed by atoms with Crippen LogP contribution in [0.25, 0.3) is 0 Å². The summed E-state index contributed by atoms with van der Waals surface area (Å²) in [7, 11) is 0. The molecule has 0 radical (unpaired) electrons. The lowest BCUT2D eigenvalue weighted by atomic mass is 10.1. The van der Waals surface area contributed by atoms with E-state index in [-0.39, 0.29) is 18.9 Å². The second kappa shape index (κ2) is 5.17. The molecule has 2 rings (SSSR count). The quantitative estimate of drug-likeness (QED) is 0.871. The summed E-state index contributed by atoms with van der Waals surface area (Å²) in [5.74, 6) is 0. The van der Waals surface area contributed by atoms with E-state index in [4.69, 9.17) is 4.74 Å². The van der Waals surface area contributed by atoms with Gasteiger partial charge in [-0.2, -0.15) is 0 Å². The van der Waals surface area contributed by atoms with E-state index < -0.39 is 0 Å². The fourth-order valence-electron chi connectivity index (χ4n) is 2.33. The smallest absolute Gasteiger partial charge is 0.137 e. The van der Waals surface area contributed by atoms with Crippen molar-refractivity contribution in [2.24, 2.45) is 0 Å². The number of aliphatic hydroxyl groups excluding tert-OH is 1. The summed E-state index contributed by atoms with van der Waals surface area (Å²) in [6, 6.07) is 8.70. The van der Waals surface area contributed by atoms with Gasteiger partial charge in [-0.25, -0.2) is 0 Å². The maximum atomic E-state index is 9.25. The van der Waals surface area contributed by atoms with Gasteiger partial charge in [0, 0.05) is 12.6 Å². The van der Waals surface area contributed by atoms with Crippen LogP contribution in [0.1, 0.15) is 31.2 Å². The third kappa shape index (κ3) is 2.51. The monoisotopic (exact) mass is 235 g/mol. The van der Waals surface area contributed by atoms with Gasteiger partial charge in [0.1, 0.15) is 6.23 Å². The average Bonchev–Trinajstić information content (AvgIpc) is 2.73. The average molecular weight is 235 g/mol. The molecule has 0 saturated carbocycles. The predicted octanol–water partition coefficient (Wildman–Crippen LogP) is 2.10. The van der Waals surface area contributed by atoms with Crippen LogP contribution in [-0.4, -0.2) is 35.3 Å². The summed E-state index contributed by atoms with van der Waals surface area (Å²) in [6.07, 6.45) is -0.0876. The van der Waals surface area contributed by atoms with Crippen LogP contribution < -0.4 is 0 Å². The lowest BCUT2D eigenvalue weighted by molar-refractivity contribution is -0.0270. The molecule has 2 atom stereocenters. The summed E-state index contributed by atoms with van der Waals surface area (Å²) in [4.78, 5) is 2.29. The Bertz CT molecular complexity index is 378. The van der Waals surface area contributed by atoms with E-state index in [1.807, 2.05) is 12.1 Å². The van der Waals surface area contributed by atoms with E-state index in [2.05, 4.69) is 37.8 Å². The number of benzene rings is 1. The first-order chi connectivity index (χ1) is 8.13. The van der Waals surface area contributed by atoms with Gasteiger partial charge in [-0.1, -0.05) is 24.3 Å². The van der Waals surface area contributed by atoms with Crippen molar-refractivity contribution in [3.63, 3.8) is 0 Å². The van der Waals surface area contributed by atoms with Crippen molar-refractivity contribution in [3.8, 4) is 0 Å². The Morgan fingerprint density at radius 3 is 2.71 bits per heavy atom. The Kier molecular flexibility index (Phi) is 3.82. The largest absolute Gasteiger partial charge is 0.394 e. The Balaban J connectivity index is 2.27. The number of hydrogen-bond acceptors (Lipinski definition) is 3. The Morgan fingerprint density at radius 2 is 2.12 bits per heavy atom. The highest BCUT2D eigenvalue weighted by atomic mass is 16.5. The van der Waals surface area contributed by atoms with Gasteiger partial charge in [-0.05, 0) is 31.9 Å². The second-order valence-electron chi connectivity index (χ2n) is 4.94. The lowest BCUT2D eigenvalue weighted by Gasteiger charge is -2.27. The minimum Gasteiger partial charge on any atom is -0.394 e. The van der Waals surface area contributed by atoms with E-state index in [1.54, 1.807) is 0 Å². The number of nitrogens with zero attached hydrogens (tertiary/aromatic N) is 1. The van der Waals surface area contributed by atoms with E-state index in [9.17, 15) is 5.11 Å². The number of rotatable bonds is 3. The molecule has 1 aromatic carbocycles. The molecule has 1 aliphatic rings. The maximum absolute atomic E-state index is 9.25. The fourth-order valence-corrected chi connectivity index (χ4v) is 2.33. The molecule has 17 heavy (non-hydrogen) atoms. The first-order valence-corrected chi connectivity index (χ1v) is 6.21. The molecule has 3 nitrogen and oxygen atoms in total. The van der Waals surface area contributed by atoms with E-state index in [0.717, 1.165) is 6.54 Å². The van der Waals surface area contributed by atoms with E-state index in [1.165, 1.54) is 11.1 Å². The molecule has 1 N–H and O–H groups in total. The zero-order valence-corrected chi connectivity index (χ0v) is 10.8. The summed E-state index contributed by atoms with van der Waals surface area (Å²) in [6.45, 7) is 7.31. The van der Waals surface area contributed by atoms with Gasteiger partial charge >= 0.3 is 0 Å². The summed E-state index contributed by atoms with van der Waals surface area (Å²) in [5.41, 5.74) is 2.44.